The van der Waals surface area contributed by atoms with Crippen LogP contribution in [0.15, 0.2) is 24.3 Å². The van der Waals surface area contributed by atoms with Gasteiger partial charge in [0.2, 0.25) is 11.8 Å². The van der Waals surface area contributed by atoms with Crippen LogP contribution in [-0.2, 0) is 14.4 Å². The number of rotatable bonds is 6. The Morgan fingerprint density at radius 2 is 2.04 bits per heavy atom. The van der Waals surface area contributed by atoms with Crippen molar-refractivity contribution in [1.29, 1.82) is 0 Å². The first-order valence-corrected chi connectivity index (χ1v) is 8.16. The second kappa shape index (κ2) is 7.21. The fourth-order valence-electron chi connectivity index (χ4n) is 2.54. The fourth-order valence-corrected chi connectivity index (χ4v) is 2.77. The molecule has 0 aromatic heterocycles. The van der Waals surface area contributed by atoms with Gasteiger partial charge in [0, 0.05) is 19.5 Å². The van der Waals surface area contributed by atoms with Crippen LogP contribution in [0.2, 0.25) is 5.02 Å². The van der Waals surface area contributed by atoms with Crippen molar-refractivity contribution in [2.24, 2.45) is 11.3 Å². The summed E-state index contributed by atoms with van der Waals surface area (Å²) in [6.45, 7) is 3.76. The van der Waals surface area contributed by atoms with Gasteiger partial charge in [0.1, 0.15) is 0 Å². The van der Waals surface area contributed by atoms with Crippen LogP contribution in [0.3, 0.4) is 0 Å². The number of benzene rings is 1. The van der Waals surface area contributed by atoms with Crippen molar-refractivity contribution >= 4 is 35.1 Å². The standard InChI is InChI=1S/C17H21ClN2O4/c1-17(2,16(23)24)7-8-19-15(22)11-9-14(21)20(10-11)13-6-4-3-5-12(13)18/h3-6,11H,7-10H2,1-2H3,(H,19,22)(H,23,24). The predicted octanol–water partition coefficient (Wildman–Crippen LogP) is 2.31. The number of nitrogens with zero attached hydrogens (tertiary/aromatic N) is 1. The van der Waals surface area contributed by atoms with Crippen molar-refractivity contribution in [3.63, 3.8) is 0 Å². The molecule has 1 aliphatic heterocycles. The number of halogens is 1. The first-order chi connectivity index (χ1) is 11.2. The summed E-state index contributed by atoms with van der Waals surface area (Å²) in [5.74, 6) is -1.74. The quantitative estimate of drug-likeness (QED) is 0.822. The molecule has 0 spiro atoms. The lowest BCUT2D eigenvalue weighted by atomic mass is 9.89. The zero-order valence-corrected chi connectivity index (χ0v) is 14.5. The van der Waals surface area contributed by atoms with Crippen LogP contribution in [0.4, 0.5) is 5.69 Å². The summed E-state index contributed by atoms with van der Waals surface area (Å²) in [5, 5.41) is 12.3. The molecule has 2 N–H and O–H groups in total. The molecule has 1 heterocycles. The second-order valence-electron chi connectivity index (χ2n) is 6.59. The normalized spacial score (nSPS) is 17.9. The topological polar surface area (TPSA) is 86.7 Å². The number of anilines is 1. The number of para-hydroxylation sites is 1. The van der Waals surface area contributed by atoms with E-state index in [0.717, 1.165) is 0 Å². The maximum atomic E-state index is 12.2. The van der Waals surface area contributed by atoms with Crippen LogP contribution in [0.1, 0.15) is 26.7 Å². The van der Waals surface area contributed by atoms with Gasteiger partial charge in [0.15, 0.2) is 0 Å². The smallest absolute Gasteiger partial charge is 0.309 e. The molecular weight excluding hydrogens is 332 g/mol. The molecule has 1 aromatic carbocycles. The van der Waals surface area contributed by atoms with Gasteiger partial charge < -0.3 is 15.3 Å². The lowest BCUT2D eigenvalue weighted by Gasteiger charge is -2.20. The molecule has 0 saturated carbocycles. The molecule has 7 heteroatoms. The molecule has 1 unspecified atom stereocenters. The van der Waals surface area contributed by atoms with Gasteiger partial charge in [-0.2, -0.15) is 0 Å². The number of carbonyl (C=O) groups is 3. The van der Waals surface area contributed by atoms with Crippen LogP contribution in [0.25, 0.3) is 0 Å². The SMILES string of the molecule is CC(C)(CCNC(=O)C1CC(=O)N(c2ccccc2Cl)C1)C(=O)O. The highest BCUT2D eigenvalue weighted by molar-refractivity contribution is 6.33. The van der Waals surface area contributed by atoms with Gasteiger partial charge in [-0.05, 0) is 32.4 Å². The van der Waals surface area contributed by atoms with Gasteiger partial charge in [0.25, 0.3) is 0 Å². The monoisotopic (exact) mass is 352 g/mol. The number of carboxylic acids is 1. The molecule has 24 heavy (non-hydrogen) atoms. The van der Waals surface area contributed by atoms with E-state index in [1.807, 2.05) is 0 Å². The molecule has 0 bridgehead atoms. The van der Waals surface area contributed by atoms with Crippen molar-refractivity contribution in [3.05, 3.63) is 29.3 Å². The van der Waals surface area contributed by atoms with E-state index in [1.165, 1.54) is 4.90 Å². The van der Waals surface area contributed by atoms with Crippen molar-refractivity contribution < 1.29 is 19.5 Å². The summed E-state index contributed by atoms with van der Waals surface area (Å²) >= 11 is 6.11. The zero-order chi connectivity index (χ0) is 17.9. The van der Waals surface area contributed by atoms with Crippen molar-refractivity contribution in [3.8, 4) is 0 Å². The molecule has 6 nitrogen and oxygen atoms in total. The first-order valence-electron chi connectivity index (χ1n) is 7.78. The van der Waals surface area contributed by atoms with E-state index < -0.39 is 17.3 Å². The third-order valence-electron chi connectivity index (χ3n) is 4.27. The van der Waals surface area contributed by atoms with Crippen LogP contribution >= 0.6 is 11.6 Å². The largest absolute Gasteiger partial charge is 0.481 e. The molecule has 1 aliphatic rings. The van der Waals surface area contributed by atoms with Gasteiger partial charge in [-0.3, -0.25) is 14.4 Å². The number of amides is 2. The fraction of sp³-hybridized carbons (Fsp3) is 0.471. The van der Waals surface area contributed by atoms with Crippen LogP contribution in [0, 0.1) is 11.3 Å². The highest BCUT2D eigenvalue weighted by atomic mass is 35.5. The summed E-state index contributed by atoms with van der Waals surface area (Å²) in [6.07, 6.45) is 0.447. The molecule has 2 amide bonds. The van der Waals surface area contributed by atoms with E-state index >= 15 is 0 Å². The first kappa shape index (κ1) is 18.3. The van der Waals surface area contributed by atoms with Gasteiger partial charge in [-0.1, -0.05) is 23.7 Å². The van der Waals surface area contributed by atoms with Gasteiger partial charge >= 0.3 is 5.97 Å². The Morgan fingerprint density at radius 3 is 2.67 bits per heavy atom. The average molecular weight is 353 g/mol. The molecule has 2 rings (SSSR count). The van der Waals surface area contributed by atoms with E-state index in [4.69, 9.17) is 16.7 Å². The molecule has 1 saturated heterocycles. The van der Waals surface area contributed by atoms with Gasteiger partial charge in [0.05, 0.1) is 22.0 Å². The van der Waals surface area contributed by atoms with E-state index in [2.05, 4.69) is 5.32 Å². The molecule has 1 atom stereocenters. The van der Waals surface area contributed by atoms with Crippen molar-refractivity contribution in [1.82, 2.24) is 5.32 Å². The third kappa shape index (κ3) is 4.06. The molecular formula is C17H21ClN2O4. The molecule has 1 fully saturated rings. The van der Waals surface area contributed by atoms with Gasteiger partial charge in [-0.15, -0.1) is 0 Å². The number of nitrogens with one attached hydrogen (secondary N) is 1. The van der Waals surface area contributed by atoms with Crippen LogP contribution in [-0.4, -0.2) is 36.0 Å². The summed E-state index contributed by atoms with van der Waals surface area (Å²) in [6, 6.07) is 7.01. The maximum absolute atomic E-state index is 12.2. The number of hydrogen-bond donors (Lipinski definition) is 2. The van der Waals surface area contributed by atoms with E-state index in [9.17, 15) is 14.4 Å². The summed E-state index contributed by atoms with van der Waals surface area (Å²) < 4.78 is 0. The Kier molecular flexibility index (Phi) is 5.49. The lowest BCUT2D eigenvalue weighted by Crippen LogP contribution is -2.36. The second-order valence-corrected chi connectivity index (χ2v) is 6.99. The van der Waals surface area contributed by atoms with E-state index in [1.54, 1.807) is 38.1 Å². The van der Waals surface area contributed by atoms with E-state index in [-0.39, 0.29) is 31.3 Å². The van der Waals surface area contributed by atoms with Crippen LogP contribution in [0.5, 0.6) is 0 Å². The molecule has 1 aromatic rings. The van der Waals surface area contributed by atoms with Gasteiger partial charge in [-0.25, -0.2) is 0 Å². The summed E-state index contributed by atoms with van der Waals surface area (Å²) in [7, 11) is 0. The Labute approximate surface area is 145 Å². The highest BCUT2D eigenvalue weighted by Crippen LogP contribution is 2.31. The Balaban J connectivity index is 1.92. The zero-order valence-electron chi connectivity index (χ0n) is 13.7. The molecule has 130 valence electrons. The Hall–Kier alpha value is -2.08. The van der Waals surface area contributed by atoms with E-state index in [0.29, 0.717) is 17.1 Å². The Morgan fingerprint density at radius 1 is 1.38 bits per heavy atom. The highest BCUT2D eigenvalue weighted by Gasteiger charge is 2.36. The van der Waals surface area contributed by atoms with Crippen molar-refractivity contribution in [2.75, 3.05) is 18.0 Å². The number of aliphatic carboxylic acids is 1. The number of hydrogen-bond acceptors (Lipinski definition) is 3. The third-order valence-corrected chi connectivity index (χ3v) is 4.59. The van der Waals surface area contributed by atoms with Crippen LogP contribution < -0.4 is 10.2 Å². The summed E-state index contributed by atoms with van der Waals surface area (Å²) in [4.78, 5) is 37.0. The predicted molar refractivity (Wildman–Crippen MR) is 91.0 cm³/mol. The minimum Gasteiger partial charge on any atom is -0.481 e. The minimum absolute atomic E-state index is 0.124. The molecule has 0 radical (unpaired) electrons. The maximum Gasteiger partial charge on any atom is 0.309 e. The lowest BCUT2D eigenvalue weighted by molar-refractivity contribution is -0.147. The molecule has 0 aliphatic carbocycles. The summed E-state index contributed by atoms with van der Waals surface area (Å²) in [5.41, 5.74) is -0.297. The number of carboxylic acid groups (broad SMARTS) is 1. The van der Waals surface area contributed by atoms with Crippen molar-refractivity contribution in [2.45, 2.75) is 26.7 Å². The average Bonchev–Trinajstić information content (AvgIpc) is 2.89. The Bertz CT molecular complexity index is 660. The number of carbonyl (C=O) groups excluding carboxylic acids is 2. The minimum atomic E-state index is -0.905.